The molecular weight excluding hydrogens is 891 g/mol. The fourth-order valence-corrected chi connectivity index (χ4v) is 10.3. The smallest absolute Gasteiger partial charge is 0.293 e. The Morgan fingerprint density at radius 2 is 1.79 bits per heavy atom. The first-order chi connectivity index (χ1) is 31.6. The zero-order valence-corrected chi connectivity index (χ0v) is 38.4. The van der Waals surface area contributed by atoms with E-state index in [2.05, 4.69) is 50.8 Å². The van der Waals surface area contributed by atoms with Crippen molar-refractivity contribution in [1.29, 1.82) is 0 Å². The Hall–Kier alpha value is -5.79. The topological polar surface area (TPSA) is 185 Å². The number of allylic oxidation sites excluding steroid dienone is 1. The molecule has 1 amide bonds. The Morgan fingerprint density at radius 3 is 2.55 bits per heavy atom. The fourth-order valence-electron chi connectivity index (χ4n) is 9.14. The van der Waals surface area contributed by atoms with Gasteiger partial charge in [0.2, 0.25) is 11.7 Å². The van der Waals surface area contributed by atoms with Crippen molar-refractivity contribution in [1.82, 2.24) is 19.6 Å². The van der Waals surface area contributed by atoms with E-state index >= 15 is 4.39 Å². The number of H-pyrrole nitrogens is 1. The lowest BCUT2D eigenvalue weighted by Crippen LogP contribution is -2.47. The first-order valence-electron chi connectivity index (χ1n) is 22.1. The van der Waals surface area contributed by atoms with Gasteiger partial charge in [-0.3, -0.25) is 19.8 Å². The maximum Gasteiger partial charge on any atom is 0.293 e. The van der Waals surface area contributed by atoms with E-state index in [0.29, 0.717) is 42.5 Å². The number of nitrogens with one attached hydrogen (secondary N) is 3. The first-order valence-corrected chi connectivity index (χ1v) is 24.0. The number of fused-ring (bicyclic) bond motifs is 2. The van der Waals surface area contributed by atoms with Crippen LogP contribution >= 0.6 is 11.6 Å². The van der Waals surface area contributed by atoms with Crippen LogP contribution < -0.4 is 24.6 Å². The van der Waals surface area contributed by atoms with E-state index in [1.54, 1.807) is 12.3 Å². The minimum absolute atomic E-state index is 0.00951. The van der Waals surface area contributed by atoms with E-state index in [-0.39, 0.29) is 36.5 Å². The molecule has 3 aromatic carbocycles. The molecule has 5 aromatic rings. The van der Waals surface area contributed by atoms with Gasteiger partial charge in [0, 0.05) is 67.6 Å². The number of nitro groups is 1. The molecule has 0 spiro atoms. The number of amides is 1. The van der Waals surface area contributed by atoms with Gasteiger partial charge in [-0.05, 0) is 96.8 Å². The maximum atomic E-state index is 15.1. The number of piperazine rings is 1. The lowest BCUT2D eigenvalue weighted by Gasteiger charge is -2.39. The number of rotatable bonds is 12. The van der Waals surface area contributed by atoms with Gasteiger partial charge in [0.05, 0.1) is 47.4 Å². The van der Waals surface area contributed by atoms with Crippen molar-refractivity contribution >= 4 is 72.6 Å². The second-order valence-corrected chi connectivity index (χ2v) is 20.1. The van der Waals surface area contributed by atoms with E-state index in [1.807, 2.05) is 41.3 Å². The normalized spacial score (nSPS) is 20.4. The van der Waals surface area contributed by atoms with E-state index in [0.717, 1.165) is 86.3 Å². The molecular formula is C47H52ClFN8O8S. The van der Waals surface area contributed by atoms with Crippen molar-refractivity contribution < 1.29 is 36.7 Å². The molecule has 3 aliphatic heterocycles. The molecule has 66 heavy (non-hydrogen) atoms. The maximum absolute atomic E-state index is 15.1. The van der Waals surface area contributed by atoms with Crippen molar-refractivity contribution in [3.8, 4) is 5.88 Å². The highest BCUT2D eigenvalue weighted by atomic mass is 35.5. The van der Waals surface area contributed by atoms with Gasteiger partial charge < -0.3 is 34.3 Å². The van der Waals surface area contributed by atoms with Gasteiger partial charge in [-0.25, -0.2) is 17.5 Å². The zero-order valence-electron chi connectivity index (χ0n) is 36.8. The number of hydrogen-bond donors (Lipinski definition) is 3. The molecule has 0 unspecified atom stereocenters. The van der Waals surface area contributed by atoms with Crippen LogP contribution in [0.25, 0.3) is 16.6 Å². The molecule has 348 valence electrons. The number of carbonyl (C=O) groups is 1. The number of carbonyl (C=O) groups excluding carboxylic acids is 1. The van der Waals surface area contributed by atoms with Crippen molar-refractivity contribution in [3.63, 3.8) is 0 Å². The lowest BCUT2D eigenvalue weighted by atomic mass is 9.72. The lowest BCUT2D eigenvalue weighted by molar-refractivity contribution is -0.384. The summed E-state index contributed by atoms with van der Waals surface area (Å²) in [5, 5.41) is 16.3. The monoisotopic (exact) mass is 942 g/mol. The number of ether oxygens (including phenoxy) is 3. The van der Waals surface area contributed by atoms with Crippen molar-refractivity contribution in [2.45, 2.75) is 50.3 Å². The summed E-state index contributed by atoms with van der Waals surface area (Å²) in [6, 6.07) is 20.4. The number of anilines is 4. The third-order valence-corrected chi connectivity index (χ3v) is 14.3. The molecule has 1 atom stereocenters. The third kappa shape index (κ3) is 9.83. The summed E-state index contributed by atoms with van der Waals surface area (Å²) in [5.74, 6) is -2.81. The predicted molar refractivity (Wildman–Crippen MR) is 251 cm³/mol. The SMILES string of the molecule is CC1(C)CCC(CN2CCN(c3ccc(C(=O)NS(=O)(=O)c4ccc(NC[C@]5(F)COCCO5)c([N+](=O)[O-])c4)c(N4CCCOc5nc6[nH]ccc6cc54)c3)CC2)=C(c2ccc(Cl)cc2)C1. The van der Waals surface area contributed by atoms with Gasteiger partial charge in [-0.2, -0.15) is 4.98 Å². The van der Waals surface area contributed by atoms with Crippen molar-refractivity contribution in [2.75, 3.05) is 87.4 Å². The van der Waals surface area contributed by atoms with Gasteiger partial charge in [0.25, 0.3) is 21.6 Å². The molecule has 2 saturated heterocycles. The van der Waals surface area contributed by atoms with Crippen LogP contribution in [0.5, 0.6) is 5.88 Å². The number of benzene rings is 3. The van der Waals surface area contributed by atoms with Crippen LogP contribution in [0.4, 0.5) is 32.8 Å². The summed E-state index contributed by atoms with van der Waals surface area (Å²) in [6.45, 7) is 8.75. The van der Waals surface area contributed by atoms with Crippen LogP contribution in [-0.4, -0.2) is 112 Å². The van der Waals surface area contributed by atoms with Crippen molar-refractivity contribution in [2.24, 2.45) is 5.41 Å². The number of nitrogens with zero attached hydrogens (tertiary/aromatic N) is 5. The largest absolute Gasteiger partial charge is 0.476 e. The van der Waals surface area contributed by atoms with E-state index < -0.39 is 43.8 Å². The molecule has 19 heteroatoms. The van der Waals surface area contributed by atoms with Crippen molar-refractivity contribution in [3.05, 3.63) is 111 Å². The number of aromatic amines is 1. The second-order valence-electron chi connectivity index (χ2n) is 18.0. The average Bonchev–Trinajstić information content (AvgIpc) is 3.66. The Labute approximate surface area is 387 Å². The molecule has 9 rings (SSSR count). The average molecular weight is 943 g/mol. The highest BCUT2D eigenvalue weighted by Gasteiger charge is 2.36. The molecule has 16 nitrogen and oxygen atoms in total. The molecule has 2 aromatic heterocycles. The molecule has 2 fully saturated rings. The van der Waals surface area contributed by atoms with Crippen LogP contribution in [0.3, 0.4) is 0 Å². The summed E-state index contributed by atoms with van der Waals surface area (Å²) in [7, 11) is -4.68. The standard InChI is InChI=1S/C47H52ClFN8O8S/c1-46(2)14-12-33(38(27-46)31-4-6-34(48)7-5-31)28-54-17-19-55(20-18-54)35-8-10-37(40(25-35)56-16-3-21-64-45-42(56)24-32-13-15-50-43(32)52-45)44(58)53-66(61,62)36-9-11-39(41(26-36)57(59)60)51-29-47(49)30-63-22-23-65-47/h4-11,13,15,24-26,51H,3,12,14,16-23,27-30H2,1-2H3,(H,50,52)(H,53,58)/t47-/m1/s1. The summed E-state index contributed by atoms with van der Waals surface area (Å²) in [6.07, 6.45) is 5.51. The Bertz CT molecular complexity index is 2790. The molecule has 5 heterocycles. The number of halogens is 2. The summed E-state index contributed by atoms with van der Waals surface area (Å²) < 4.78 is 61.4. The highest BCUT2D eigenvalue weighted by Crippen LogP contribution is 2.44. The second kappa shape index (κ2) is 18.5. The van der Waals surface area contributed by atoms with Crippen LogP contribution in [0, 0.1) is 15.5 Å². The Kier molecular flexibility index (Phi) is 12.7. The van der Waals surface area contributed by atoms with E-state index in [4.69, 9.17) is 30.8 Å². The number of aromatic nitrogens is 2. The summed E-state index contributed by atoms with van der Waals surface area (Å²) in [4.78, 5) is 39.7. The van der Waals surface area contributed by atoms with Crippen LogP contribution in [0.2, 0.25) is 5.02 Å². The minimum atomic E-state index is -4.68. The third-order valence-electron chi connectivity index (χ3n) is 12.7. The van der Waals surface area contributed by atoms with Gasteiger partial charge in [0.1, 0.15) is 23.6 Å². The van der Waals surface area contributed by atoms with Crippen LogP contribution in [0.1, 0.15) is 55.5 Å². The van der Waals surface area contributed by atoms with E-state index in [9.17, 15) is 23.3 Å². The molecule has 4 aliphatic rings. The highest BCUT2D eigenvalue weighted by molar-refractivity contribution is 7.90. The number of pyridine rings is 1. The minimum Gasteiger partial charge on any atom is -0.476 e. The Balaban J connectivity index is 0.987. The van der Waals surface area contributed by atoms with Crippen LogP contribution in [0.15, 0.2) is 89.5 Å². The number of hydrogen-bond acceptors (Lipinski definition) is 13. The zero-order chi connectivity index (χ0) is 46.2. The number of sulfonamides is 1. The molecule has 1 aliphatic carbocycles. The summed E-state index contributed by atoms with van der Waals surface area (Å²) >= 11 is 6.26. The van der Waals surface area contributed by atoms with Gasteiger partial charge in [0.15, 0.2) is 0 Å². The Morgan fingerprint density at radius 1 is 0.985 bits per heavy atom. The summed E-state index contributed by atoms with van der Waals surface area (Å²) in [5.41, 5.74) is 6.11. The molecule has 3 N–H and O–H groups in total. The first kappa shape index (κ1) is 45.4. The van der Waals surface area contributed by atoms with E-state index in [1.165, 1.54) is 16.7 Å². The fraction of sp³-hybridized carbons (Fsp3) is 0.404. The predicted octanol–water partition coefficient (Wildman–Crippen LogP) is 8.07. The molecule has 0 radical (unpaired) electrons. The van der Waals surface area contributed by atoms with Gasteiger partial charge in [-0.1, -0.05) is 43.2 Å². The van der Waals surface area contributed by atoms with Gasteiger partial charge >= 0.3 is 0 Å². The number of nitro benzene ring substituents is 1. The number of alkyl halides is 1. The molecule has 0 bridgehead atoms. The molecule has 0 saturated carbocycles. The van der Waals surface area contributed by atoms with Crippen LogP contribution in [-0.2, 0) is 19.5 Å². The quantitative estimate of drug-likeness (QED) is 0.0807. The van der Waals surface area contributed by atoms with Gasteiger partial charge in [-0.15, -0.1) is 0 Å².